The second-order valence-electron chi connectivity index (χ2n) is 5.26. The van der Waals surface area contributed by atoms with Gasteiger partial charge >= 0.3 is 0 Å². The molecule has 0 atom stereocenters. The summed E-state index contributed by atoms with van der Waals surface area (Å²) in [6.45, 7) is 0.923. The number of nitrogens with zero attached hydrogens (tertiary/aromatic N) is 1. The number of nitrogens with two attached hydrogens (primary N) is 1. The first kappa shape index (κ1) is 16.4. The summed E-state index contributed by atoms with van der Waals surface area (Å²) in [5.74, 6) is 4.05. The lowest BCUT2D eigenvalue weighted by atomic mass is 9.96. The first-order valence-corrected chi connectivity index (χ1v) is 8.14. The van der Waals surface area contributed by atoms with E-state index in [9.17, 15) is 0 Å². The van der Waals surface area contributed by atoms with E-state index in [2.05, 4.69) is 22.1 Å². The predicted octanol–water partition coefficient (Wildman–Crippen LogP) is 2.98. The molecule has 0 aromatic rings. The van der Waals surface area contributed by atoms with E-state index in [1.54, 1.807) is 0 Å². The number of nitrogens with one attached hydrogen (secondary N) is 1. The minimum absolute atomic E-state index is 0. The van der Waals surface area contributed by atoms with E-state index in [1.807, 2.05) is 0 Å². The van der Waals surface area contributed by atoms with Crippen LogP contribution < -0.4 is 11.1 Å². The summed E-state index contributed by atoms with van der Waals surface area (Å²) in [5.41, 5.74) is 5.96. The van der Waals surface area contributed by atoms with Gasteiger partial charge in [-0.2, -0.15) is 11.8 Å². The average Bonchev–Trinajstić information content (AvgIpc) is 2.39. The molecular formula is C13H26IN3S. The Hall–Kier alpha value is 0.350. The molecule has 0 radical (unpaired) electrons. The van der Waals surface area contributed by atoms with E-state index >= 15 is 0 Å². The fourth-order valence-electron chi connectivity index (χ4n) is 2.66. The van der Waals surface area contributed by atoms with Crippen molar-refractivity contribution >= 4 is 41.7 Å². The van der Waals surface area contributed by atoms with Gasteiger partial charge in [0.25, 0.3) is 0 Å². The molecule has 1 saturated carbocycles. The van der Waals surface area contributed by atoms with Crippen molar-refractivity contribution in [2.45, 2.75) is 51.0 Å². The highest BCUT2D eigenvalue weighted by atomic mass is 127. The van der Waals surface area contributed by atoms with Gasteiger partial charge in [0.2, 0.25) is 0 Å². The number of aliphatic imine (C=N–C) groups is 1. The molecule has 0 spiro atoms. The number of hydrogen-bond acceptors (Lipinski definition) is 2. The summed E-state index contributed by atoms with van der Waals surface area (Å²) >= 11 is 2.07. The molecule has 2 rings (SSSR count). The highest BCUT2D eigenvalue weighted by Gasteiger charge is 2.15. The molecule has 0 amide bonds. The highest BCUT2D eigenvalue weighted by molar-refractivity contribution is 14.0. The number of guanidine groups is 1. The normalized spacial score (nSPS) is 23.4. The first-order chi connectivity index (χ1) is 8.34. The van der Waals surface area contributed by atoms with Crippen LogP contribution in [0.4, 0.5) is 0 Å². The Morgan fingerprint density at radius 1 is 1.11 bits per heavy atom. The van der Waals surface area contributed by atoms with Crippen LogP contribution in [0.5, 0.6) is 0 Å². The van der Waals surface area contributed by atoms with Crippen LogP contribution in [0.25, 0.3) is 0 Å². The maximum absolute atomic E-state index is 5.96. The molecule has 1 saturated heterocycles. The third-order valence-corrected chi connectivity index (χ3v) is 4.87. The molecule has 0 bridgehead atoms. The van der Waals surface area contributed by atoms with E-state index in [-0.39, 0.29) is 24.0 Å². The van der Waals surface area contributed by atoms with Crippen molar-refractivity contribution < 1.29 is 0 Å². The van der Waals surface area contributed by atoms with Gasteiger partial charge in [0.1, 0.15) is 0 Å². The second-order valence-corrected chi connectivity index (χ2v) is 6.49. The highest BCUT2D eigenvalue weighted by Crippen LogP contribution is 2.22. The Morgan fingerprint density at radius 2 is 1.78 bits per heavy atom. The minimum Gasteiger partial charge on any atom is -0.370 e. The van der Waals surface area contributed by atoms with E-state index in [0.29, 0.717) is 12.0 Å². The van der Waals surface area contributed by atoms with E-state index < -0.39 is 0 Å². The number of hydrogen-bond donors (Lipinski definition) is 2. The van der Waals surface area contributed by atoms with Gasteiger partial charge in [-0.1, -0.05) is 19.3 Å². The van der Waals surface area contributed by atoms with Crippen LogP contribution in [-0.4, -0.2) is 30.1 Å². The van der Waals surface area contributed by atoms with Crippen molar-refractivity contribution in [3.8, 4) is 0 Å². The summed E-state index contributed by atoms with van der Waals surface area (Å²) in [7, 11) is 0. The Bertz CT molecular complexity index is 249. The summed E-state index contributed by atoms with van der Waals surface area (Å²) < 4.78 is 0. The Labute approximate surface area is 132 Å². The molecule has 0 unspecified atom stereocenters. The van der Waals surface area contributed by atoms with Gasteiger partial charge in [-0.3, -0.25) is 4.99 Å². The lowest BCUT2D eigenvalue weighted by Crippen LogP contribution is -2.41. The zero-order valence-corrected chi connectivity index (χ0v) is 14.2. The van der Waals surface area contributed by atoms with Crippen LogP contribution in [0.3, 0.4) is 0 Å². The van der Waals surface area contributed by atoms with Crippen molar-refractivity contribution in [3.63, 3.8) is 0 Å². The van der Waals surface area contributed by atoms with Crippen molar-refractivity contribution in [3.05, 3.63) is 0 Å². The van der Waals surface area contributed by atoms with Gasteiger partial charge in [0.05, 0.1) is 0 Å². The molecule has 1 heterocycles. The van der Waals surface area contributed by atoms with Crippen LogP contribution >= 0.6 is 35.7 Å². The molecule has 5 heteroatoms. The van der Waals surface area contributed by atoms with Crippen LogP contribution in [0.15, 0.2) is 4.99 Å². The SMILES string of the molecule is I.NC(=NCC1CCSCC1)NC1CCCCC1. The van der Waals surface area contributed by atoms with Crippen molar-refractivity contribution in [2.24, 2.45) is 16.6 Å². The van der Waals surface area contributed by atoms with Gasteiger partial charge in [-0.25, -0.2) is 0 Å². The van der Waals surface area contributed by atoms with Crippen LogP contribution in [0.1, 0.15) is 44.9 Å². The van der Waals surface area contributed by atoms with Gasteiger partial charge in [0.15, 0.2) is 5.96 Å². The third kappa shape index (κ3) is 5.99. The summed E-state index contributed by atoms with van der Waals surface area (Å²) in [6.07, 6.45) is 9.20. The zero-order chi connectivity index (χ0) is 11.9. The second kappa shape index (κ2) is 9.28. The average molecular weight is 383 g/mol. The largest absolute Gasteiger partial charge is 0.370 e. The first-order valence-electron chi connectivity index (χ1n) is 6.99. The number of rotatable bonds is 3. The maximum atomic E-state index is 5.96. The van der Waals surface area contributed by atoms with E-state index in [0.717, 1.165) is 12.5 Å². The molecule has 0 aromatic heterocycles. The molecule has 2 aliphatic rings. The molecule has 106 valence electrons. The molecule has 1 aliphatic carbocycles. The van der Waals surface area contributed by atoms with Gasteiger partial charge < -0.3 is 11.1 Å². The standard InChI is InChI=1S/C13H25N3S.HI/c14-13(16-12-4-2-1-3-5-12)15-10-11-6-8-17-9-7-11;/h11-12H,1-10H2,(H3,14,15,16);1H. The Morgan fingerprint density at radius 3 is 2.44 bits per heavy atom. The molecule has 3 nitrogen and oxygen atoms in total. The van der Waals surface area contributed by atoms with Gasteiger partial charge in [0, 0.05) is 12.6 Å². The fourth-order valence-corrected chi connectivity index (χ4v) is 3.86. The Balaban J connectivity index is 0.00000162. The monoisotopic (exact) mass is 383 g/mol. The van der Waals surface area contributed by atoms with Crippen molar-refractivity contribution in [1.82, 2.24) is 5.32 Å². The molecule has 18 heavy (non-hydrogen) atoms. The lowest BCUT2D eigenvalue weighted by Gasteiger charge is -2.24. The van der Waals surface area contributed by atoms with Crippen LogP contribution in [0, 0.1) is 5.92 Å². The smallest absolute Gasteiger partial charge is 0.188 e. The van der Waals surface area contributed by atoms with Gasteiger partial charge in [-0.15, -0.1) is 24.0 Å². The fraction of sp³-hybridized carbons (Fsp3) is 0.923. The molecule has 1 aliphatic heterocycles. The van der Waals surface area contributed by atoms with Gasteiger partial charge in [-0.05, 0) is 43.1 Å². The zero-order valence-electron chi connectivity index (χ0n) is 11.1. The van der Waals surface area contributed by atoms with Crippen LogP contribution in [0.2, 0.25) is 0 Å². The number of thioether (sulfide) groups is 1. The molecule has 0 aromatic carbocycles. The number of halogens is 1. The van der Waals surface area contributed by atoms with E-state index in [1.165, 1.54) is 56.5 Å². The summed E-state index contributed by atoms with van der Waals surface area (Å²) in [5, 5.41) is 3.38. The molecule has 3 N–H and O–H groups in total. The topological polar surface area (TPSA) is 50.4 Å². The van der Waals surface area contributed by atoms with Crippen LogP contribution in [-0.2, 0) is 0 Å². The summed E-state index contributed by atoms with van der Waals surface area (Å²) in [4.78, 5) is 4.52. The minimum atomic E-state index is 0. The lowest BCUT2D eigenvalue weighted by molar-refractivity contribution is 0.411. The van der Waals surface area contributed by atoms with Crippen molar-refractivity contribution in [1.29, 1.82) is 0 Å². The summed E-state index contributed by atoms with van der Waals surface area (Å²) in [6, 6.07) is 0.578. The predicted molar refractivity (Wildman–Crippen MR) is 92.0 cm³/mol. The third-order valence-electron chi connectivity index (χ3n) is 3.82. The molecular weight excluding hydrogens is 357 g/mol. The quantitative estimate of drug-likeness (QED) is 0.448. The maximum Gasteiger partial charge on any atom is 0.188 e. The van der Waals surface area contributed by atoms with E-state index in [4.69, 9.17) is 5.73 Å². The molecule has 2 fully saturated rings. The van der Waals surface area contributed by atoms with Crippen molar-refractivity contribution in [2.75, 3.05) is 18.1 Å². The Kier molecular flexibility index (Phi) is 8.46.